The van der Waals surface area contributed by atoms with Gasteiger partial charge in [-0.2, -0.15) is 0 Å². The quantitative estimate of drug-likeness (QED) is 0.127. The zero-order valence-electron chi connectivity index (χ0n) is 22.2. The van der Waals surface area contributed by atoms with Gasteiger partial charge in [-0.05, 0) is 70.4 Å². The van der Waals surface area contributed by atoms with Crippen LogP contribution in [-0.2, 0) is 0 Å². The molecule has 0 aliphatic rings. The highest BCUT2D eigenvalue weighted by Gasteiger charge is 2.10. The minimum atomic E-state index is -0.215. The summed E-state index contributed by atoms with van der Waals surface area (Å²) < 4.78 is 0. The second kappa shape index (κ2) is 13.5. The molecule has 2 heterocycles. The van der Waals surface area contributed by atoms with Crippen LogP contribution in [0.2, 0.25) is 0 Å². The van der Waals surface area contributed by atoms with Gasteiger partial charge in [0, 0.05) is 22.5 Å². The van der Waals surface area contributed by atoms with E-state index in [9.17, 15) is 19.2 Å². The van der Waals surface area contributed by atoms with Crippen LogP contribution in [0.4, 0.5) is 11.4 Å². The van der Waals surface area contributed by atoms with Crippen molar-refractivity contribution < 1.29 is 19.2 Å². The van der Waals surface area contributed by atoms with E-state index in [-0.39, 0.29) is 23.4 Å². The molecule has 206 valence electrons. The Morgan fingerprint density at radius 2 is 0.952 bits per heavy atom. The summed E-state index contributed by atoms with van der Waals surface area (Å²) in [6, 6.07) is 28.1. The molecule has 2 amide bonds. The first-order valence-electron chi connectivity index (χ1n) is 12.9. The first-order valence-corrected chi connectivity index (χ1v) is 14.7. The lowest BCUT2D eigenvalue weighted by atomic mass is 10.1. The molecule has 3 aromatic carbocycles. The van der Waals surface area contributed by atoms with Crippen molar-refractivity contribution in [2.75, 3.05) is 10.6 Å². The van der Waals surface area contributed by atoms with Crippen LogP contribution in [-0.4, -0.2) is 23.4 Å². The van der Waals surface area contributed by atoms with E-state index < -0.39 is 0 Å². The molecule has 0 saturated heterocycles. The van der Waals surface area contributed by atoms with Gasteiger partial charge in [0.05, 0.1) is 9.75 Å². The van der Waals surface area contributed by atoms with Crippen LogP contribution in [0.25, 0.3) is 12.2 Å². The number of carbonyl (C=O) groups is 4. The second-order valence-corrected chi connectivity index (χ2v) is 11.0. The fraction of sp³-hybridized carbons (Fsp3) is 0. The Hall–Kier alpha value is -5.18. The van der Waals surface area contributed by atoms with E-state index in [4.69, 9.17) is 0 Å². The summed E-state index contributed by atoms with van der Waals surface area (Å²) in [5, 5.41) is 9.29. The van der Waals surface area contributed by atoms with Gasteiger partial charge < -0.3 is 10.6 Å². The number of anilines is 2. The number of nitrogens with one attached hydrogen (secondary N) is 2. The summed E-state index contributed by atoms with van der Waals surface area (Å²) in [6.45, 7) is 0. The van der Waals surface area contributed by atoms with Gasteiger partial charge in [0.1, 0.15) is 0 Å². The van der Waals surface area contributed by atoms with Gasteiger partial charge in [0.2, 0.25) is 0 Å². The molecule has 0 aliphatic heterocycles. The number of benzene rings is 3. The molecule has 0 saturated carbocycles. The molecule has 2 N–H and O–H groups in total. The fourth-order valence-electron chi connectivity index (χ4n) is 3.96. The number of thiophene rings is 2. The van der Waals surface area contributed by atoms with Gasteiger partial charge in [-0.3, -0.25) is 19.2 Å². The van der Waals surface area contributed by atoms with Crippen LogP contribution in [0.1, 0.15) is 51.2 Å². The molecular weight excluding hydrogens is 565 g/mol. The number of ketones is 2. The number of allylic oxidation sites excluding steroid dienone is 2. The van der Waals surface area contributed by atoms with Crippen molar-refractivity contribution in [1.82, 2.24) is 0 Å². The first-order chi connectivity index (χ1) is 20.4. The predicted octanol–water partition coefficient (Wildman–Crippen LogP) is 8.11. The van der Waals surface area contributed by atoms with Crippen molar-refractivity contribution >= 4 is 69.6 Å². The molecule has 42 heavy (non-hydrogen) atoms. The van der Waals surface area contributed by atoms with Crippen molar-refractivity contribution in [2.24, 2.45) is 0 Å². The van der Waals surface area contributed by atoms with Gasteiger partial charge in [-0.25, -0.2) is 0 Å². The lowest BCUT2D eigenvalue weighted by molar-refractivity contribution is 0.102. The second-order valence-electron chi connectivity index (χ2n) is 9.09. The standard InChI is InChI=1S/C34H24N2O4S2/c37-29(25-5-1-7-27(21-25)35-33(39)31-9-3-19-41-31)17-15-23-11-13-24(14-12-23)16-18-30(38)26-6-2-8-28(22-26)36-34(40)32-10-4-20-42-32/h1-22H,(H,35,39)(H,36,40)/b17-15+,18-16+. The molecular formula is C34H24N2O4S2. The molecule has 0 bridgehead atoms. The van der Waals surface area contributed by atoms with E-state index in [2.05, 4.69) is 10.6 Å². The maximum Gasteiger partial charge on any atom is 0.265 e. The van der Waals surface area contributed by atoms with Crippen molar-refractivity contribution in [3.63, 3.8) is 0 Å². The Balaban J connectivity index is 1.17. The Labute approximate surface area is 250 Å². The average molecular weight is 589 g/mol. The van der Waals surface area contributed by atoms with Gasteiger partial charge in [-0.1, -0.05) is 72.8 Å². The summed E-state index contributed by atoms with van der Waals surface area (Å²) in [4.78, 5) is 51.3. The monoisotopic (exact) mass is 588 g/mol. The zero-order chi connectivity index (χ0) is 29.3. The number of hydrogen-bond donors (Lipinski definition) is 2. The summed E-state index contributed by atoms with van der Waals surface area (Å²) in [5.74, 6) is -0.808. The Kier molecular flexibility index (Phi) is 9.08. The molecule has 0 spiro atoms. The molecule has 0 aliphatic carbocycles. The van der Waals surface area contributed by atoms with Gasteiger partial charge in [-0.15, -0.1) is 22.7 Å². The third kappa shape index (κ3) is 7.51. The highest BCUT2D eigenvalue weighted by Crippen LogP contribution is 2.18. The summed E-state index contributed by atoms with van der Waals surface area (Å²) in [6.07, 6.45) is 6.40. The van der Waals surface area contributed by atoms with E-state index in [1.54, 1.807) is 72.8 Å². The number of hydrogen-bond acceptors (Lipinski definition) is 6. The number of rotatable bonds is 10. The third-order valence-electron chi connectivity index (χ3n) is 6.09. The van der Waals surface area contributed by atoms with E-state index in [0.717, 1.165) is 11.1 Å². The van der Waals surface area contributed by atoms with E-state index in [0.29, 0.717) is 32.3 Å². The average Bonchev–Trinajstić information content (AvgIpc) is 3.75. The van der Waals surface area contributed by atoms with Crippen molar-refractivity contribution in [3.05, 3.63) is 152 Å². The van der Waals surface area contributed by atoms with Crippen LogP contribution in [0.3, 0.4) is 0 Å². The highest BCUT2D eigenvalue weighted by molar-refractivity contribution is 7.12. The number of carbonyl (C=O) groups excluding carboxylic acids is 4. The summed E-state index contributed by atoms with van der Waals surface area (Å²) in [5.41, 5.74) is 3.67. The molecule has 0 fully saturated rings. The molecule has 5 rings (SSSR count). The Morgan fingerprint density at radius 1 is 0.524 bits per heavy atom. The summed E-state index contributed by atoms with van der Waals surface area (Å²) in [7, 11) is 0. The minimum Gasteiger partial charge on any atom is -0.321 e. The largest absolute Gasteiger partial charge is 0.321 e. The third-order valence-corrected chi connectivity index (χ3v) is 7.83. The normalized spacial score (nSPS) is 11.0. The Bertz CT molecular complexity index is 1650. The van der Waals surface area contributed by atoms with Crippen LogP contribution in [0.5, 0.6) is 0 Å². The lowest BCUT2D eigenvalue weighted by Gasteiger charge is -2.05. The van der Waals surface area contributed by atoms with Gasteiger partial charge in [0.25, 0.3) is 11.8 Å². The van der Waals surface area contributed by atoms with Crippen LogP contribution < -0.4 is 10.6 Å². The Morgan fingerprint density at radius 3 is 1.33 bits per heavy atom. The molecule has 8 heteroatoms. The lowest BCUT2D eigenvalue weighted by Crippen LogP contribution is -2.10. The molecule has 6 nitrogen and oxygen atoms in total. The fourth-order valence-corrected chi connectivity index (χ4v) is 5.19. The maximum absolute atomic E-state index is 12.7. The minimum absolute atomic E-state index is 0.189. The number of amides is 2. The van der Waals surface area contributed by atoms with Crippen LogP contribution in [0.15, 0.2) is 120 Å². The van der Waals surface area contributed by atoms with Gasteiger partial charge >= 0.3 is 0 Å². The zero-order valence-corrected chi connectivity index (χ0v) is 23.8. The van der Waals surface area contributed by atoms with Crippen LogP contribution in [0, 0.1) is 0 Å². The molecule has 0 unspecified atom stereocenters. The van der Waals surface area contributed by atoms with Gasteiger partial charge in [0.15, 0.2) is 11.6 Å². The van der Waals surface area contributed by atoms with E-state index in [1.165, 1.54) is 34.8 Å². The smallest absolute Gasteiger partial charge is 0.265 e. The van der Waals surface area contributed by atoms with E-state index in [1.807, 2.05) is 47.2 Å². The topological polar surface area (TPSA) is 92.3 Å². The molecule has 2 aromatic heterocycles. The SMILES string of the molecule is O=C(/C=C/c1ccc(/C=C/C(=O)c2cccc(NC(=O)c3cccs3)c2)cc1)c1cccc(NC(=O)c2cccs2)c1. The van der Waals surface area contributed by atoms with Crippen LogP contribution >= 0.6 is 22.7 Å². The van der Waals surface area contributed by atoms with Crippen molar-refractivity contribution in [3.8, 4) is 0 Å². The predicted molar refractivity (Wildman–Crippen MR) is 171 cm³/mol. The highest BCUT2D eigenvalue weighted by atomic mass is 32.1. The molecule has 0 radical (unpaired) electrons. The molecule has 5 aromatic rings. The maximum atomic E-state index is 12.7. The van der Waals surface area contributed by atoms with Crippen molar-refractivity contribution in [1.29, 1.82) is 0 Å². The van der Waals surface area contributed by atoms with E-state index >= 15 is 0 Å². The van der Waals surface area contributed by atoms with Crippen molar-refractivity contribution in [2.45, 2.75) is 0 Å². The molecule has 0 atom stereocenters. The summed E-state index contributed by atoms with van der Waals surface area (Å²) >= 11 is 2.70. The first kappa shape index (κ1) is 28.4.